The number of hydrogen-bond acceptors (Lipinski definition) is 3. The molecule has 0 unspecified atom stereocenters. The van der Waals surface area contributed by atoms with E-state index < -0.39 is 12.1 Å². The van der Waals surface area contributed by atoms with Crippen LogP contribution in [-0.2, 0) is 6.54 Å². The Morgan fingerprint density at radius 2 is 2.19 bits per heavy atom. The zero-order chi connectivity index (χ0) is 17.2. The Labute approximate surface area is 130 Å². The number of halogens is 3. The number of fused-ring (bicyclic) bond motifs is 5. The standard InChI is InChI=1S/C13H8BrF2N5/c14-7-1-2-9-8(3-7)13-17-5-19-21(13)4-10-11(12(15)16)18-6-20(9)10/h1-3,5-6,12H,4H2/i1D,2D,3D. The number of benzene rings is 1. The van der Waals surface area contributed by atoms with Crippen molar-refractivity contribution in [3.05, 3.63) is 46.6 Å². The third-order valence-electron chi connectivity index (χ3n) is 3.25. The van der Waals surface area contributed by atoms with Gasteiger partial charge in [0.05, 0.1) is 22.0 Å². The molecule has 106 valence electrons. The molecule has 3 heterocycles. The van der Waals surface area contributed by atoms with Crippen LogP contribution in [0.5, 0.6) is 0 Å². The zero-order valence-corrected chi connectivity index (χ0v) is 11.9. The van der Waals surface area contributed by atoms with E-state index in [1.807, 2.05) is 0 Å². The summed E-state index contributed by atoms with van der Waals surface area (Å²) in [4.78, 5) is 7.87. The summed E-state index contributed by atoms with van der Waals surface area (Å²) in [5, 5.41) is 4.03. The highest BCUT2D eigenvalue weighted by atomic mass is 79.9. The van der Waals surface area contributed by atoms with Crippen molar-refractivity contribution in [1.82, 2.24) is 24.3 Å². The van der Waals surface area contributed by atoms with E-state index in [-0.39, 0.29) is 51.9 Å². The van der Waals surface area contributed by atoms with Crippen LogP contribution in [0.1, 0.15) is 21.9 Å². The van der Waals surface area contributed by atoms with Crippen molar-refractivity contribution in [2.24, 2.45) is 0 Å². The maximum atomic E-state index is 13.3. The third-order valence-corrected chi connectivity index (χ3v) is 3.64. The Morgan fingerprint density at radius 3 is 3.00 bits per heavy atom. The van der Waals surface area contributed by atoms with E-state index in [4.69, 9.17) is 4.11 Å². The van der Waals surface area contributed by atoms with E-state index in [1.54, 1.807) is 0 Å². The van der Waals surface area contributed by atoms with E-state index in [9.17, 15) is 8.78 Å². The SMILES string of the molecule is [2H]c1c([2H])c2c(c([2H])c1Br)-c1ncnn1Cc1c(C(F)F)ncn1-2. The van der Waals surface area contributed by atoms with Crippen molar-refractivity contribution in [2.45, 2.75) is 13.0 Å². The second kappa shape index (κ2) is 4.45. The van der Waals surface area contributed by atoms with Gasteiger partial charge in [-0.2, -0.15) is 5.10 Å². The van der Waals surface area contributed by atoms with Crippen molar-refractivity contribution in [3.63, 3.8) is 0 Å². The monoisotopic (exact) mass is 354 g/mol. The lowest BCUT2D eigenvalue weighted by Crippen LogP contribution is -2.07. The summed E-state index contributed by atoms with van der Waals surface area (Å²) in [6.07, 6.45) is -0.337. The van der Waals surface area contributed by atoms with Crippen molar-refractivity contribution in [1.29, 1.82) is 0 Å². The molecule has 8 heteroatoms. The summed E-state index contributed by atoms with van der Waals surface area (Å²) in [5.41, 5.74) is 0.126. The lowest BCUT2D eigenvalue weighted by Gasteiger charge is -2.09. The maximum Gasteiger partial charge on any atom is 0.282 e. The molecule has 3 aromatic rings. The lowest BCUT2D eigenvalue weighted by atomic mass is 10.1. The van der Waals surface area contributed by atoms with Crippen molar-refractivity contribution in [2.75, 3.05) is 0 Å². The molecule has 0 aliphatic carbocycles. The molecule has 21 heavy (non-hydrogen) atoms. The molecule has 0 amide bonds. The first-order valence-electron chi connectivity index (χ1n) is 7.43. The summed E-state index contributed by atoms with van der Waals surface area (Å²) in [7, 11) is 0. The second-order valence-corrected chi connectivity index (χ2v) is 5.19. The molecule has 4 rings (SSSR count). The molecule has 0 bridgehead atoms. The molecule has 0 saturated carbocycles. The summed E-state index contributed by atoms with van der Waals surface area (Å²) in [6, 6.07) is -0.464. The fraction of sp³-hybridized carbons (Fsp3) is 0.154. The number of nitrogens with zero attached hydrogens (tertiary/aromatic N) is 5. The topological polar surface area (TPSA) is 48.5 Å². The van der Waals surface area contributed by atoms with Gasteiger partial charge >= 0.3 is 0 Å². The normalized spacial score (nSPS) is 14.8. The molecule has 1 aromatic carbocycles. The quantitative estimate of drug-likeness (QED) is 0.527. The Balaban J connectivity index is 2.19. The van der Waals surface area contributed by atoms with E-state index in [2.05, 4.69) is 31.0 Å². The predicted molar refractivity (Wildman–Crippen MR) is 74.3 cm³/mol. The predicted octanol–water partition coefficient (Wildman–Crippen LogP) is 3.19. The molecule has 1 aliphatic heterocycles. The van der Waals surface area contributed by atoms with Gasteiger partial charge in [-0.15, -0.1) is 0 Å². The number of aromatic nitrogens is 5. The molecule has 0 N–H and O–H groups in total. The number of alkyl halides is 2. The molecule has 2 aromatic heterocycles. The summed E-state index contributed by atoms with van der Waals surface area (Å²) >= 11 is 3.15. The van der Waals surface area contributed by atoms with Crippen LogP contribution in [0.15, 0.2) is 35.3 Å². The second-order valence-electron chi connectivity index (χ2n) is 4.40. The fourth-order valence-electron chi connectivity index (χ4n) is 2.35. The minimum atomic E-state index is -2.79. The molecule has 0 atom stereocenters. The number of rotatable bonds is 1. The average Bonchev–Trinajstić information content (AvgIpc) is 3.14. The first-order valence-corrected chi connectivity index (χ1v) is 6.73. The molecular weight excluding hydrogens is 344 g/mol. The van der Waals surface area contributed by atoms with Crippen LogP contribution in [0.25, 0.3) is 17.1 Å². The van der Waals surface area contributed by atoms with Crippen molar-refractivity contribution in [3.8, 4) is 17.1 Å². The van der Waals surface area contributed by atoms with Crippen LogP contribution in [0.3, 0.4) is 0 Å². The van der Waals surface area contributed by atoms with Crippen LogP contribution in [0, 0.1) is 0 Å². The molecule has 1 aliphatic rings. The third kappa shape index (κ3) is 1.82. The van der Waals surface area contributed by atoms with Crippen LogP contribution in [0.2, 0.25) is 0 Å². The van der Waals surface area contributed by atoms with E-state index >= 15 is 0 Å². The van der Waals surface area contributed by atoms with Gasteiger partial charge in [0.1, 0.15) is 18.3 Å². The van der Waals surface area contributed by atoms with Gasteiger partial charge in [-0.25, -0.2) is 23.4 Å². The first kappa shape index (κ1) is 9.78. The largest absolute Gasteiger partial charge is 0.300 e. The summed E-state index contributed by atoms with van der Waals surface area (Å²) in [6.45, 7) is -0.0203. The molecule has 0 spiro atoms. The minimum Gasteiger partial charge on any atom is -0.300 e. The summed E-state index contributed by atoms with van der Waals surface area (Å²) in [5.74, 6) is 0.285. The van der Waals surface area contributed by atoms with Gasteiger partial charge in [0.15, 0.2) is 5.82 Å². The lowest BCUT2D eigenvalue weighted by molar-refractivity contribution is 0.145. The average molecular weight is 355 g/mol. The van der Waals surface area contributed by atoms with Gasteiger partial charge in [0.25, 0.3) is 6.43 Å². The first-order chi connectivity index (χ1) is 11.4. The Hall–Kier alpha value is -2.09. The summed E-state index contributed by atoms with van der Waals surface area (Å²) < 4.78 is 54.0. The Morgan fingerprint density at radius 1 is 1.33 bits per heavy atom. The van der Waals surface area contributed by atoms with Crippen LogP contribution in [-0.4, -0.2) is 24.3 Å². The number of imidazole rings is 1. The highest BCUT2D eigenvalue weighted by Gasteiger charge is 2.26. The van der Waals surface area contributed by atoms with Crippen LogP contribution in [0.4, 0.5) is 8.78 Å². The Bertz CT molecular complexity index is 985. The molecular formula is C13H8BrF2N5. The molecule has 0 fully saturated rings. The molecule has 0 radical (unpaired) electrons. The smallest absolute Gasteiger partial charge is 0.282 e. The Kier molecular flexibility index (Phi) is 2.07. The van der Waals surface area contributed by atoms with Gasteiger partial charge in [-0.05, 0) is 18.1 Å². The molecule has 0 saturated heterocycles. The zero-order valence-electron chi connectivity index (χ0n) is 13.3. The van der Waals surface area contributed by atoms with Gasteiger partial charge in [0.2, 0.25) is 0 Å². The highest BCUT2D eigenvalue weighted by molar-refractivity contribution is 9.10. The van der Waals surface area contributed by atoms with Gasteiger partial charge in [0, 0.05) is 10.0 Å². The number of hydrogen-bond donors (Lipinski definition) is 0. The van der Waals surface area contributed by atoms with Crippen molar-refractivity contribution >= 4 is 15.9 Å². The maximum absolute atomic E-state index is 13.3. The highest BCUT2D eigenvalue weighted by Crippen LogP contribution is 2.34. The van der Waals surface area contributed by atoms with Gasteiger partial charge in [-0.1, -0.05) is 15.9 Å². The van der Waals surface area contributed by atoms with Crippen LogP contribution >= 0.6 is 15.9 Å². The van der Waals surface area contributed by atoms with E-state index in [1.165, 1.54) is 21.9 Å². The fourth-order valence-corrected chi connectivity index (χ4v) is 2.65. The van der Waals surface area contributed by atoms with E-state index in [0.29, 0.717) is 0 Å². The molecule has 5 nitrogen and oxygen atoms in total. The van der Waals surface area contributed by atoms with E-state index in [0.717, 1.165) is 0 Å². The van der Waals surface area contributed by atoms with Crippen molar-refractivity contribution < 1.29 is 12.9 Å². The van der Waals surface area contributed by atoms with Gasteiger partial charge in [-0.3, -0.25) is 0 Å². The van der Waals surface area contributed by atoms with Gasteiger partial charge < -0.3 is 4.57 Å². The van der Waals surface area contributed by atoms with Crippen LogP contribution < -0.4 is 0 Å². The minimum absolute atomic E-state index is 0.0203.